The molecule has 1 saturated carbocycles. The summed E-state index contributed by atoms with van der Waals surface area (Å²) < 4.78 is 5.62. The van der Waals surface area contributed by atoms with Crippen molar-refractivity contribution in [1.82, 2.24) is 10.2 Å². The highest BCUT2D eigenvalue weighted by molar-refractivity contribution is 5.80. The number of fused-ring (bicyclic) bond motifs is 3. The highest BCUT2D eigenvalue weighted by atomic mass is 16.5. The van der Waals surface area contributed by atoms with Crippen molar-refractivity contribution in [2.45, 2.75) is 38.5 Å². The summed E-state index contributed by atoms with van der Waals surface area (Å²) in [5.41, 5.74) is 4.78. The Hall–Kier alpha value is -3.35. The summed E-state index contributed by atoms with van der Waals surface area (Å²) in [5, 5.41) is 12.0. The summed E-state index contributed by atoms with van der Waals surface area (Å²) in [7, 11) is 1.67. The Labute approximate surface area is 206 Å². The Balaban J connectivity index is 1.21. The van der Waals surface area contributed by atoms with Gasteiger partial charge in [-0.15, -0.1) is 0 Å². The van der Waals surface area contributed by atoms with E-state index in [1.807, 2.05) is 24.3 Å². The number of nitrogens with zero attached hydrogens (tertiary/aromatic N) is 1. The van der Waals surface area contributed by atoms with Gasteiger partial charge in [0.2, 0.25) is 5.91 Å². The van der Waals surface area contributed by atoms with Gasteiger partial charge in [0.1, 0.15) is 6.61 Å². The molecule has 2 N–H and O–H groups in total. The largest absolute Gasteiger partial charge is 0.481 e. The molecule has 2 aromatic carbocycles. The maximum Gasteiger partial charge on any atom is 0.407 e. The fourth-order valence-electron chi connectivity index (χ4n) is 5.38. The summed E-state index contributed by atoms with van der Waals surface area (Å²) >= 11 is 0. The minimum atomic E-state index is -0.896. The number of benzene rings is 2. The van der Waals surface area contributed by atoms with E-state index < -0.39 is 18.0 Å². The quantitative estimate of drug-likeness (QED) is 0.582. The lowest BCUT2D eigenvalue weighted by Crippen LogP contribution is -2.40. The van der Waals surface area contributed by atoms with Gasteiger partial charge in [0.25, 0.3) is 0 Å². The minimum absolute atomic E-state index is 0.0149. The van der Waals surface area contributed by atoms with Crippen molar-refractivity contribution in [2.24, 2.45) is 17.8 Å². The predicted molar refractivity (Wildman–Crippen MR) is 133 cm³/mol. The predicted octanol–water partition coefficient (Wildman–Crippen LogP) is 4.51. The van der Waals surface area contributed by atoms with Crippen molar-refractivity contribution < 1.29 is 24.2 Å². The lowest BCUT2D eigenvalue weighted by Gasteiger charge is -2.31. The number of hydrogen-bond acceptors (Lipinski definition) is 4. The number of amides is 2. The Morgan fingerprint density at radius 1 is 1.00 bits per heavy atom. The van der Waals surface area contributed by atoms with E-state index in [0.29, 0.717) is 19.1 Å². The van der Waals surface area contributed by atoms with E-state index in [1.165, 1.54) is 22.3 Å². The van der Waals surface area contributed by atoms with Gasteiger partial charge >= 0.3 is 12.1 Å². The first-order valence-electron chi connectivity index (χ1n) is 12.4. The zero-order chi connectivity index (χ0) is 24.9. The van der Waals surface area contributed by atoms with Crippen LogP contribution in [0, 0.1) is 17.8 Å². The maximum atomic E-state index is 12.7. The average molecular weight is 479 g/mol. The summed E-state index contributed by atoms with van der Waals surface area (Å²) in [6, 6.07) is 16.5. The van der Waals surface area contributed by atoms with Crippen LogP contribution in [0.15, 0.2) is 48.5 Å². The molecule has 1 fully saturated rings. The van der Waals surface area contributed by atoms with Gasteiger partial charge in [0.15, 0.2) is 0 Å². The van der Waals surface area contributed by atoms with Crippen LogP contribution >= 0.6 is 0 Å². The molecule has 7 nitrogen and oxygen atoms in total. The molecule has 0 radical (unpaired) electrons. The van der Waals surface area contributed by atoms with Crippen LogP contribution in [0.2, 0.25) is 0 Å². The van der Waals surface area contributed by atoms with E-state index in [9.17, 15) is 14.4 Å². The molecule has 1 unspecified atom stereocenters. The third-order valence-corrected chi connectivity index (χ3v) is 7.42. The van der Waals surface area contributed by atoms with Crippen LogP contribution < -0.4 is 5.32 Å². The Morgan fingerprint density at radius 2 is 1.57 bits per heavy atom. The number of carboxylic acids is 1. The van der Waals surface area contributed by atoms with E-state index in [2.05, 4.69) is 29.6 Å². The van der Waals surface area contributed by atoms with Crippen molar-refractivity contribution in [3.8, 4) is 11.1 Å². The summed E-state index contributed by atoms with van der Waals surface area (Å²) in [6.45, 7) is 2.65. The summed E-state index contributed by atoms with van der Waals surface area (Å²) in [5.74, 6) is -1.19. The second kappa shape index (κ2) is 10.9. The van der Waals surface area contributed by atoms with Gasteiger partial charge < -0.3 is 20.1 Å². The van der Waals surface area contributed by atoms with Gasteiger partial charge in [0, 0.05) is 32.0 Å². The summed E-state index contributed by atoms with van der Waals surface area (Å²) in [4.78, 5) is 37.7. The third-order valence-electron chi connectivity index (χ3n) is 7.42. The van der Waals surface area contributed by atoms with Crippen molar-refractivity contribution in [2.75, 3.05) is 26.7 Å². The second-order valence-corrected chi connectivity index (χ2v) is 9.88. The van der Waals surface area contributed by atoms with Crippen LogP contribution in [-0.2, 0) is 14.3 Å². The smallest absolute Gasteiger partial charge is 0.407 e. The van der Waals surface area contributed by atoms with Crippen LogP contribution in [0.3, 0.4) is 0 Å². The Kier molecular flexibility index (Phi) is 7.73. The van der Waals surface area contributed by atoms with Gasteiger partial charge in [-0.2, -0.15) is 0 Å². The first-order valence-corrected chi connectivity index (χ1v) is 12.4. The number of carbonyl (C=O) groups excluding carboxylic acids is 2. The van der Waals surface area contributed by atoms with Crippen LogP contribution in [0.25, 0.3) is 11.1 Å². The molecule has 0 spiro atoms. The molecule has 2 aliphatic carbocycles. The Bertz CT molecular complexity index is 1030. The minimum Gasteiger partial charge on any atom is -0.481 e. The molecule has 0 aliphatic heterocycles. The number of hydrogen-bond donors (Lipinski definition) is 2. The van der Waals surface area contributed by atoms with Crippen molar-refractivity contribution >= 4 is 18.0 Å². The van der Waals surface area contributed by atoms with Crippen LogP contribution in [0.4, 0.5) is 4.79 Å². The molecule has 7 heteroatoms. The molecule has 186 valence electrons. The number of carboxylic acid groups (broad SMARTS) is 1. The topological polar surface area (TPSA) is 95.9 Å². The molecule has 0 saturated heterocycles. The van der Waals surface area contributed by atoms with Gasteiger partial charge in [-0.3, -0.25) is 9.59 Å². The first kappa shape index (κ1) is 24.8. The Morgan fingerprint density at radius 3 is 2.14 bits per heavy atom. The number of aliphatic carboxylic acids is 1. The molecule has 2 aromatic rings. The van der Waals surface area contributed by atoms with E-state index >= 15 is 0 Å². The number of alkyl carbamates (subject to hydrolysis) is 1. The van der Waals surface area contributed by atoms with Gasteiger partial charge in [-0.05, 0) is 53.9 Å². The van der Waals surface area contributed by atoms with E-state index in [4.69, 9.17) is 9.84 Å². The van der Waals surface area contributed by atoms with Gasteiger partial charge in [-0.25, -0.2) is 4.79 Å². The second-order valence-electron chi connectivity index (χ2n) is 9.88. The van der Waals surface area contributed by atoms with Gasteiger partial charge in [0.05, 0.1) is 5.92 Å². The summed E-state index contributed by atoms with van der Waals surface area (Å²) in [6.07, 6.45) is 2.79. The molecule has 4 rings (SSSR count). The monoisotopic (exact) mass is 478 g/mol. The van der Waals surface area contributed by atoms with E-state index in [0.717, 1.165) is 25.7 Å². The molecule has 2 amide bonds. The molecular formula is C28H34N2O5. The molecule has 2 aliphatic rings. The van der Waals surface area contributed by atoms with Crippen LogP contribution in [0.5, 0.6) is 0 Å². The molecular weight excluding hydrogens is 444 g/mol. The molecule has 0 bridgehead atoms. The first-order chi connectivity index (χ1) is 16.8. The lowest BCUT2D eigenvalue weighted by molar-refractivity contribution is -0.143. The van der Waals surface area contributed by atoms with Crippen LogP contribution in [0.1, 0.15) is 49.7 Å². The standard InChI is InChI=1S/C28H34N2O5/c1-18(27(32)33)16-30(2)26(31)20-13-11-19(12-14-20)15-29-28(34)35-17-25-23-9-5-3-7-21(23)22-8-4-6-10-24(22)25/h3-10,18-20,25H,11-17H2,1-2H3,(H,29,34)(H,32,33). The van der Waals surface area contributed by atoms with Crippen molar-refractivity contribution in [3.63, 3.8) is 0 Å². The van der Waals surface area contributed by atoms with E-state index in [1.54, 1.807) is 18.9 Å². The fraction of sp³-hybridized carbons (Fsp3) is 0.464. The number of carbonyl (C=O) groups is 3. The van der Waals surface area contributed by atoms with Crippen molar-refractivity contribution in [1.29, 1.82) is 0 Å². The van der Waals surface area contributed by atoms with Gasteiger partial charge in [-0.1, -0.05) is 55.5 Å². The molecule has 0 heterocycles. The number of rotatable bonds is 8. The SMILES string of the molecule is CC(CN(C)C(=O)C1CCC(CNC(=O)OCC2c3ccccc3-c3ccccc32)CC1)C(=O)O. The zero-order valence-corrected chi connectivity index (χ0v) is 20.4. The highest BCUT2D eigenvalue weighted by Gasteiger charge is 2.31. The highest BCUT2D eigenvalue weighted by Crippen LogP contribution is 2.44. The molecule has 35 heavy (non-hydrogen) atoms. The van der Waals surface area contributed by atoms with Crippen molar-refractivity contribution in [3.05, 3.63) is 59.7 Å². The molecule has 0 aromatic heterocycles. The fourth-order valence-corrected chi connectivity index (χ4v) is 5.38. The normalized spacial score (nSPS) is 19.8. The van der Waals surface area contributed by atoms with E-state index in [-0.39, 0.29) is 24.3 Å². The third kappa shape index (κ3) is 5.66. The molecule has 1 atom stereocenters. The average Bonchev–Trinajstić information content (AvgIpc) is 3.19. The zero-order valence-electron chi connectivity index (χ0n) is 20.4. The van der Waals surface area contributed by atoms with Crippen LogP contribution in [-0.4, -0.2) is 54.7 Å². The number of ether oxygens (including phenoxy) is 1. The lowest BCUT2D eigenvalue weighted by atomic mass is 9.81. The number of nitrogens with one attached hydrogen (secondary N) is 1. The maximum absolute atomic E-state index is 12.7.